The lowest BCUT2D eigenvalue weighted by Crippen LogP contribution is -2.52. The van der Waals surface area contributed by atoms with Crippen molar-refractivity contribution in [1.29, 1.82) is 0 Å². The fourth-order valence-corrected chi connectivity index (χ4v) is 3.11. The summed E-state index contributed by atoms with van der Waals surface area (Å²) in [6, 6.07) is 9.59. The van der Waals surface area contributed by atoms with Crippen LogP contribution in [-0.4, -0.2) is 70.8 Å². The largest absolute Gasteiger partial charge is 0.355 e. The highest BCUT2D eigenvalue weighted by Crippen LogP contribution is 2.12. The Balaban J connectivity index is 1.42. The maximum absolute atomic E-state index is 12.5. The summed E-state index contributed by atoms with van der Waals surface area (Å²) in [5, 5.41) is 10.0. The molecular formula is C20H28N6O2. The number of amides is 3. The lowest BCUT2D eigenvalue weighted by atomic mass is 10.2. The van der Waals surface area contributed by atoms with Crippen molar-refractivity contribution in [3.8, 4) is 0 Å². The number of urea groups is 1. The number of nitrogens with zero attached hydrogens (tertiary/aromatic N) is 4. The van der Waals surface area contributed by atoms with E-state index < -0.39 is 0 Å². The molecule has 1 aromatic heterocycles. The molecule has 1 saturated heterocycles. The Morgan fingerprint density at radius 3 is 2.50 bits per heavy atom. The molecule has 0 unspecified atom stereocenters. The van der Waals surface area contributed by atoms with E-state index in [0.29, 0.717) is 45.8 Å². The third-order valence-corrected chi connectivity index (χ3v) is 4.71. The van der Waals surface area contributed by atoms with Crippen LogP contribution in [0.2, 0.25) is 0 Å². The van der Waals surface area contributed by atoms with Gasteiger partial charge in [-0.2, -0.15) is 5.10 Å². The molecule has 0 radical (unpaired) electrons. The number of rotatable bonds is 7. The van der Waals surface area contributed by atoms with E-state index in [9.17, 15) is 9.59 Å². The molecule has 1 fully saturated rings. The van der Waals surface area contributed by atoms with Crippen molar-refractivity contribution >= 4 is 17.6 Å². The monoisotopic (exact) mass is 384 g/mol. The predicted octanol–water partition coefficient (Wildman–Crippen LogP) is 1.61. The number of hydrogen-bond acceptors (Lipinski definition) is 4. The fourth-order valence-electron chi connectivity index (χ4n) is 3.11. The Labute approximate surface area is 165 Å². The molecule has 8 heteroatoms. The molecule has 1 aliphatic rings. The van der Waals surface area contributed by atoms with Crippen LogP contribution in [0.1, 0.15) is 18.9 Å². The Morgan fingerprint density at radius 1 is 1.11 bits per heavy atom. The number of anilines is 1. The first kappa shape index (κ1) is 19.9. The fraction of sp³-hybridized carbons (Fsp3) is 0.450. The second kappa shape index (κ2) is 9.89. The van der Waals surface area contributed by atoms with E-state index in [4.69, 9.17) is 0 Å². The topological polar surface area (TPSA) is 82.5 Å². The molecule has 3 amide bonds. The minimum absolute atomic E-state index is 0.0509. The van der Waals surface area contributed by atoms with Crippen LogP contribution in [0, 0.1) is 0 Å². The second-order valence-electron chi connectivity index (χ2n) is 6.94. The standard InChI is InChI=1S/C20H28N6O2/c1-2-8-21-19(27)16-24-11-13-25(14-12-24)20(28)23-18-6-4-17(5-7-18)15-26-10-3-9-22-26/h3-7,9-10H,2,8,11-16H2,1H3,(H,21,27)(H,23,28). The predicted molar refractivity (Wildman–Crippen MR) is 108 cm³/mol. The lowest BCUT2D eigenvalue weighted by Gasteiger charge is -2.34. The number of carbonyl (C=O) groups is 2. The first-order chi connectivity index (χ1) is 13.6. The summed E-state index contributed by atoms with van der Waals surface area (Å²) in [4.78, 5) is 28.2. The minimum atomic E-state index is -0.102. The van der Waals surface area contributed by atoms with Gasteiger partial charge in [0.1, 0.15) is 0 Å². The van der Waals surface area contributed by atoms with Crippen molar-refractivity contribution < 1.29 is 9.59 Å². The third-order valence-electron chi connectivity index (χ3n) is 4.71. The summed E-state index contributed by atoms with van der Waals surface area (Å²) in [7, 11) is 0. The van der Waals surface area contributed by atoms with Crippen molar-refractivity contribution in [2.45, 2.75) is 19.9 Å². The van der Waals surface area contributed by atoms with Crippen molar-refractivity contribution in [3.63, 3.8) is 0 Å². The SMILES string of the molecule is CCCNC(=O)CN1CCN(C(=O)Nc2ccc(Cn3cccn3)cc2)CC1. The van der Waals surface area contributed by atoms with Gasteiger partial charge in [-0.25, -0.2) is 4.79 Å². The maximum Gasteiger partial charge on any atom is 0.321 e. The molecule has 3 rings (SSSR count). The number of nitrogens with one attached hydrogen (secondary N) is 2. The summed E-state index contributed by atoms with van der Waals surface area (Å²) in [5.41, 5.74) is 1.90. The quantitative estimate of drug-likeness (QED) is 0.760. The van der Waals surface area contributed by atoms with Gasteiger partial charge >= 0.3 is 6.03 Å². The molecule has 28 heavy (non-hydrogen) atoms. The highest BCUT2D eigenvalue weighted by molar-refractivity contribution is 5.89. The molecule has 1 aliphatic heterocycles. The highest BCUT2D eigenvalue weighted by atomic mass is 16.2. The summed E-state index contributed by atoms with van der Waals surface area (Å²) in [6.07, 6.45) is 4.61. The Hall–Kier alpha value is -2.87. The van der Waals surface area contributed by atoms with Crippen LogP contribution in [0.5, 0.6) is 0 Å². The Morgan fingerprint density at radius 2 is 1.86 bits per heavy atom. The molecular weight excluding hydrogens is 356 g/mol. The summed E-state index contributed by atoms with van der Waals surface area (Å²) in [5.74, 6) is 0.0509. The van der Waals surface area contributed by atoms with Gasteiger partial charge in [0.25, 0.3) is 0 Å². The van der Waals surface area contributed by atoms with Gasteiger partial charge in [-0.15, -0.1) is 0 Å². The summed E-state index contributed by atoms with van der Waals surface area (Å²) in [6.45, 7) is 6.48. The smallest absolute Gasteiger partial charge is 0.321 e. The van der Waals surface area contributed by atoms with Crippen LogP contribution < -0.4 is 10.6 Å². The molecule has 0 bridgehead atoms. The van der Waals surface area contributed by atoms with E-state index >= 15 is 0 Å². The molecule has 2 N–H and O–H groups in total. The third kappa shape index (κ3) is 5.82. The zero-order valence-corrected chi connectivity index (χ0v) is 16.3. The van der Waals surface area contributed by atoms with Crippen LogP contribution >= 0.6 is 0 Å². The number of benzene rings is 1. The Kier molecular flexibility index (Phi) is 7.02. The molecule has 0 atom stereocenters. The van der Waals surface area contributed by atoms with E-state index in [1.165, 1.54) is 0 Å². The first-order valence-corrected chi connectivity index (χ1v) is 9.75. The molecule has 2 heterocycles. The van der Waals surface area contributed by atoms with Crippen molar-refractivity contribution in [2.75, 3.05) is 44.6 Å². The second-order valence-corrected chi connectivity index (χ2v) is 6.94. The normalized spacial score (nSPS) is 14.7. The number of aromatic nitrogens is 2. The average Bonchev–Trinajstić information content (AvgIpc) is 3.21. The molecule has 8 nitrogen and oxygen atoms in total. The van der Waals surface area contributed by atoms with Crippen molar-refractivity contribution in [3.05, 3.63) is 48.3 Å². The summed E-state index contributed by atoms with van der Waals surface area (Å²) >= 11 is 0. The average molecular weight is 384 g/mol. The van der Waals surface area contributed by atoms with Gasteiger partial charge in [-0.3, -0.25) is 14.4 Å². The van der Waals surface area contributed by atoms with E-state index in [0.717, 1.165) is 17.7 Å². The van der Waals surface area contributed by atoms with E-state index in [1.54, 1.807) is 11.1 Å². The van der Waals surface area contributed by atoms with Gasteiger partial charge in [0, 0.05) is 50.8 Å². The van der Waals surface area contributed by atoms with Crippen LogP contribution in [0.4, 0.5) is 10.5 Å². The minimum Gasteiger partial charge on any atom is -0.355 e. The molecule has 150 valence electrons. The van der Waals surface area contributed by atoms with E-state index in [-0.39, 0.29) is 11.9 Å². The number of carbonyl (C=O) groups excluding carboxylic acids is 2. The number of hydrogen-bond donors (Lipinski definition) is 2. The molecule has 0 aliphatic carbocycles. The van der Waals surface area contributed by atoms with Crippen LogP contribution in [0.3, 0.4) is 0 Å². The van der Waals surface area contributed by atoms with Gasteiger partial charge in [0.2, 0.25) is 5.91 Å². The van der Waals surface area contributed by atoms with Gasteiger partial charge in [-0.1, -0.05) is 19.1 Å². The zero-order chi connectivity index (χ0) is 19.8. The van der Waals surface area contributed by atoms with Crippen LogP contribution in [-0.2, 0) is 11.3 Å². The maximum atomic E-state index is 12.5. The van der Waals surface area contributed by atoms with Crippen molar-refractivity contribution in [1.82, 2.24) is 24.9 Å². The molecule has 1 aromatic carbocycles. The van der Waals surface area contributed by atoms with E-state index in [1.807, 2.05) is 48.1 Å². The molecule has 0 spiro atoms. The number of piperazine rings is 1. The first-order valence-electron chi connectivity index (χ1n) is 9.75. The zero-order valence-electron chi connectivity index (χ0n) is 16.3. The van der Waals surface area contributed by atoms with Crippen LogP contribution in [0.25, 0.3) is 0 Å². The highest BCUT2D eigenvalue weighted by Gasteiger charge is 2.22. The van der Waals surface area contributed by atoms with Crippen LogP contribution in [0.15, 0.2) is 42.7 Å². The van der Waals surface area contributed by atoms with Crippen molar-refractivity contribution in [2.24, 2.45) is 0 Å². The van der Waals surface area contributed by atoms with Gasteiger partial charge in [-0.05, 0) is 30.2 Å². The molecule has 0 saturated carbocycles. The van der Waals surface area contributed by atoms with Gasteiger partial charge < -0.3 is 15.5 Å². The van der Waals surface area contributed by atoms with E-state index in [2.05, 4.69) is 20.6 Å². The lowest BCUT2D eigenvalue weighted by molar-refractivity contribution is -0.122. The Bertz CT molecular complexity index is 752. The van der Waals surface area contributed by atoms with Gasteiger partial charge in [0.15, 0.2) is 0 Å². The summed E-state index contributed by atoms with van der Waals surface area (Å²) < 4.78 is 1.86. The van der Waals surface area contributed by atoms with Gasteiger partial charge in [0.05, 0.1) is 13.1 Å². The molecule has 2 aromatic rings.